The second kappa shape index (κ2) is 15.8. The molecule has 0 bridgehead atoms. The molecule has 3 unspecified atom stereocenters. The monoisotopic (exact) mass is 1000 g/mol. The minimum absolute atomic E-state index is 0.00403. The van der Waals surface area contributed by atoms with E-state index in [1.807, 2.05) is 0 Å². The zero-order valence-electron chi connectivity index (χ0n) is 37.6. The molecule has 0 aromatic heterocycles. The number of amides is 4. The van der Waals surface area contributed by atoms with E-state index in [4.69, 9.17) is 5.14 Å². The lowest BCUT2D eigenvalue weighted by Crippen LogP contribution is -2.41. The van der Waals surface area contributed by atoms with Gasteiger partial charge in [-0.3, -0.25) is 33.4 Å². The van der Waals surface area contributed by atoms with E-state index in [1.165, 1.54) is 83.3 Å². The van der Waals surface area contributed by atoms with Gasteiger partial charge in [0, 0.05) is 12.7 Å². The highest BCUT2D eigenvalue weighted by molar-refractivity contribution is 7.89. The fraction of sp³-hybridized carbons (Fsp3) is 0.200. The van der Waals surface area contributed by atoms with Crippen molar-refractivity contribution in [3.05, 3.63) is 181 Å². The number of fused-ring (bicyclic) bond motifs is 5. The lowest BCUT2D eigenvalue weighted by molar-refractivity contribution is -0.173. The Hall–Kier alpha value is -7.00. The second-order valence-electron chi connectivity index (χ2n) is 17.8. The Morgan fingerprint density at radius 2 is 1.10 bits per heavy atom. The summed E-state index contributed by atoms with van der Waals surface area (Å²) in [6.07, 6.45) is -9.93. The molecule has 9 rings (SSSR count). The lowest BCUT2D eigenvalue weighted by Gasteiger charge is -2.36. The van der Waals surface area contributed by atoms with E-state index in [-0.39, 0.29) is 83.0 Å². The van der Waals surface area contributed by atoms with Crippen molar-refractivity contribution in [1.29, 1.82) is 0 Å². The van der Waals surface area contributed by atoms with Crippen molar-refractivity contribution < 1.29 is 62.7 Å². The highest BCUT2D eigenvalue weighted by Crippen LogP contribution is 2.59. The number of carbonyl (C=O) groups excluding carboxylic acids is 4. The van der Waals surface area contributed by atoms with Gasteiger partial charge in [0.25, 0.3) is 34.9 Å². The van der Waals surface area contributed by atoms with Crippen LogP contribution in [0.5, 0.6) is 0 Å². The summed E-state index contributed by atoms with van der Waals surface area (Å²) >= 11 is -2.62. The number of aryl methyl sites for hydroxylation is 3. The molecule has 2 aliphatic heterocycles. The lowest BCUT2D eigenvalue weighted by atomic mass is 9.66. The van der Waals surface area contributed by atoms with Gasteiger partial charge in [-0.1, -0.05) is 42.5 Å². The Labute approximate surface area is 398 Å². The van der Waals surface area contributed by atoms with Gasteiger partial charge in [0.2, 0.25) is 10.0 Å². The summed E-state index contributed by atoms with van der Waals surface area (Å²) in [4.78, 5) is 55.5. The molecule has 1 aliphatic carbocycles. The van der Waals surface area contributed by atoms with Crippen LogP contribution >= 0.6 is 0 Å². The Balaban J connectivity index is 1.25. The quantitative estimate of drug-likeness (QED) is 0.0764. The molecule has 0 saturated heterocycles. The number of nitrogens with two attached hydrogens (primary N) is 1. The van der Waals surface area contributed by atoms with E-state index in [0.717, 1.165) is 59.2 Å². The summed E-state index contributed by atoms with van der Waals surface area (Å²) < 4.78 is 141. The molecule has 4 N–H and O–H groups in total. The normalized spacial score (nSPS) is 17.9. The molecule has 360 valence electrons. The number of benzene rings is 6. The van der Waals surface area contributed by atoms with Gasteiger partial charge < -0.3 is 0 Å². The first kappa shape index (κ1) is 48.0. The van der Waals surface area contributed by atoms with Crippen LogP contribution in [0, 0.1) is 27.7 Å². The molecule has 3 aliphatic rings. The van der Waals surface area contributed by atoms with Crippen LogP contribution in [0.4, 0.5) is 37.7 Å². The fourth-order valence-corrected chi connectivity index (χ4v) is 11.1. The molecule has 70 heavy (non-hydrogen) atoms. The van der Waals surface area contributed by atoms with Crippen LogP contribution in [0.3, 0.4) is 0 Å². The number of nitrogens with one attached hydrogen (secondary N) is 1. The molecular formula is C50H38F6N4O8S2. The summed E-state index contributed by atoms with van der Waals surface area (Å²) in [6, 6.07) is 20.2. The molecule has 0 radical (unpaired) electrons. The van der Waals surface area contributed by atoms with Crippen molar-refractivity contribution in [2.75, 3.05) is 16.7 Å². The number of primary sulfonamides is 1. The van der Waals surface area contributed by atoms with Crippen LogP contribution in [0.1, 0.15) is 110 Å². The fourth-order valence-electron chi connectivity index (χ4n) is 10.2. The first-order valence-electron chi connectivity index (χ1n) is 21.1. The molecule has 2 heterocycles. The molecule has 0 fully saturated rings. The number of hydrogen-bond donors (Lipinski definition) is 3. The Morgan fingerprint density at radius 1 is 0.629 bits per heavy atom. The average molecular weight is 1000 g/mol. The Morgan fingerprint density at radius 3 is 1.64 bits per heavy atom. The highest BCUT2D eigenvalue weighted by atomic mass is 32.2. The third-order valence-corrected chi connectivity index (χ3v) is 15.2. The minimum atomic E-state index is -5.05. The maximum absolute atomic E-state index is 15.4. The van der Waals surface area contributed by atoms with Gasteiger partial charge in [-0.05, 0) is 156 Å². The molecule has 4 amide bonds. The number of rotatable bonds is 8. The van der Waals surface area contributed by atoms with Crippen LogP contribution < -0.4 is 14.8 Å². The van der Waals surface area contributed by atoms with Crippen molar-refractivity contribution in [2.24, 2.45) is 5.14 Å². The zero-order chi connectivity index (χ0) is 51.1. The molecule has 20 heteroatoms. The van der Waals surface area contributed by atoms with Crippen LogP contribution in [0.2, 0.25) is 0 Å². The van der Waals surface area contributed by atoms with Gasteiger partial charge in [-0.2, -0.15) is 26.3 Å². The van der Waals surface area contributed by atoms with E-state index < -0.39 is 84.8 Å². The van der Waals surface area contributed by atoms with E-state index in [1.54, 1.807) is 6.07 Å². The first-order chi connectivity index (χ1) is 32.5. The molecule has 0 spiro atoms. The number of nitrogens with zero attached hydrogens (tertiary/aromatic N) is 2. The number of halogens is 6. The number of imide groups is 2. The highest BCUT2D eigenvalue weighted by Gasteiger charge is 2.55. The number of alkyl halides is 6. The molecule has 3 atom stereocenters. The van der Waals surface area contributed by atoms with Crippen molar-refractivity contribution in [1.82, 2.24) is 4.90 Å². The van der Waals surface area contributed by atoms with Crippen molar-refractivity contribution in [2.45, 2.75) is 62.7 Å². The summed E-state index contributed by atoms with van der Waals surface area (Å²) in [6.45, 7) is 6.66. The van der Waals surface area contributed by atoms with Gasteiger partial charge in [0.1, 0.15) is 5.41 Å². The van der Waals surface area contributed by atoms with Crippen LogP contribution in [0.25, 0.3) is 11.1 Å². The number of hydrogen-bond acceptors (Lipinski definition) is 7. The van der Waals surface area contributed by atoms with Gasteiger partial charge in [0.05, 0.1) is 43.8 Å². The predicted molar refractivity (Wildman–Crippen MR) is 246 cm³/mol. The SMILES string of the molecule is Cc1cc(C2(c3cc(C)c(N4C(=O)c5ccc(C(C)(c6ccc7c(c6)C(=O)N(C)C7=O)C(F)(F)F)cc5C4=O)c(C)c3)c3cc(NS(=O)O)ccc3-c3ccc(S(N)(=O)=O)cc32)cc(C(F)(F)F)c1C. The molecule has 6 aromatic rings. The predicted octanol–water partition coefficient (Wildman–Crippen LogP) is 9.39. The number of sulfonamides is 1. The third kappa shape index (κ3) is 6.93. The summed E-state index contributed by atoms with van der Waals surface area (Å²) in [5, 5.41) is 5.65. The third-order valence-electron chi connectivity index (χ3n) is 13.9. The minimum Gasteiger partial charge on any atom is -0.289 e. The van der Waals surface area contributed by atoms with E-state index in [0.29, 0.717) is 11.1 Å². The van der Waals surface area contributed by atoms with Crippen LogP contribution in [0.15, 0.2) is 102 Å². The molecular weight excluding hydrogens is 963 g/mol. The van der Waals surface area contributed by atoms with Gasteiger partial charge >= 0.3 is 12.4 Å². The topological polar surface area (TPSA) is 184 Å². The summed E-state index contributed by atoms with van der Waals surface area (Å²) in [7, 11) is -3.25. The van der Waals surface area contributed by atoms with Crippen molar-refractivity contribution >= 4 is 56.3 Å². The van der Waals surface area contributed by atoms with E-state index in [2.05, 4.69) is 4.72 Å². The number of carbonyl (C=O) groups is 4. The smallest absolute Gasteiger partial charge is 0.289 e. The zero-order valence-corrected chi connectivity index (χ0v) is 39.2. The molecule has 12 nitrogen and oxygen atoms in total. The molecule has 6 aromatic carbocycles. The Kier molecular flexibility index (Phi) is 10.8. The van der Waals surface area contributed by atoms with Crippen molar-refractivity contribution in [3.8, 4) is 11.1 Å². The summed E-state index contributed by atoms with van der Waals surface area (Å²) in [5.74, 6) is -3.38. The van der Waals surface area contributed by atoms with E-state index in [9.17, 15) is 49.5 Å². The maximum Gasteiger partial charge on any atom is 0.416 e. The maximum atomic E-state index is 15.4. The van der Waals surface area contributed by atoms with Gasteiger partial charge in [-0.25, -0.2) is 22.7 Å². The van der Waals surface area contributed by atoms with Gasteiger partial charge in [0.15, 0.2) is 0 Å². The van der Waals surface area contributed by atoms with Crippen LogP contribution in [-0.2, 0) is 38.3 Å². The van der Waals surface area contributed by atoms with E-state index >= 15 is 13.2 Å². The second-order valence-corrected chi connectivity index (χ2v) is 20.1. The Bertz CT molecular complexity index is 3520. The van der Waals surface area contributed by atoms with Crippen LogP contribution in [-0.4, -0.2) is 58.9 Å². The summed E-state index contributed by atoms with van der Waals surface area (Å²) in [5.41, 5.74) is -5.61. The van der Waals surface area contributed by atoms with Crippen molar-refractivity contribution in [3.63, 3.8) is 0 Å². The van der Waals surface area contributed by atoms with Gasteiger partial charge in [-0.15, -0.1) is 0 Å². The largest absolute Gasteiger partial charge is 0.416 e. The average Bonchev–Trinajstić information content (AvgIpc) is 3.79. The standard InChI is InChI=1S/C50H38F6N4O8S2/c1-23-15-30(20-39(26(23)4)49(51,52)53)48(40-21-31(58-69(65)66)9-13-33(40)34-14-10-32(22-41(34)48)70(57,67)68)29-16-24(2)42(25(3)17-29)60-45(63)36-12-8-28(19-38(36)46(60)64)47(5,50(54,55)56)27-7-11-35-37(18-27)44(62)59(6)43(35)61/h7-22,58H,1-6H3,(H,65,66)(H2,57,67,68). The number of anilines is 2. The first-order valence-corrected chi connectivity index (χ1v) is 23.8. The molecule has 0 saturated carbocycles.